The van der Waals surface area contributed by atoms with Crippen molar-refractivity contribution in [3.8, 4) is 6.07 Å². The molecule has 23 heavy (non-hydrogen) atoms. The lowest BCUT2D eigenvalue weighted by Crippen LogP contribution is -2.09. The minimum Gasteiger partial charge on any atom is -0.373 e. The van der Waals surface area contributed by atoms with Crippen LogP contribution in [0.15, 0.2) is 42.5 Å². The van der Waals surface area contributed by atoms with E-state index in [1.165, 1.54) is 19.1 Å². The van der Waals surface area contributed by atoms with Crippen LogP contribution in [-0.2, 0) is 0 Å². The smallest absolute Gasteiger partial charge is 0.293 e. The predicted molar refractivity (Wildman–Crippen MR) is 86.3 cm³/mol. The van der Waals surface area contributed by atoms with Crippen LogP contribution < -0.4 is 5.32 Å². The molecule has 0 bridgehead atoms. The SMILES string of the molecule is CC(=O)c1ccc(NC(C)c2cccc(C#N)c2)c([N+](=O)[O-])c1. The highest BCUT2D eigenvalue weighted by Gasteiger charge is 2.18. The summed E-state index contributed by atoms with van der Waals surface area (Å²) < 4.78 is 0. The molecular weight excluding hydrogens is 294 g/mol. The van der Waals surface area contributed by atoms with E-state index in [4.69, 9.17) is 5.26 Å². The first-order chi connectivity index (χ1) is 10.9. The molecule has 0 saturated heterocycles. The number of carbonyl (C=O) groups is 1. The molecule has 6 heteroatoms. The zero-order valence-electron chi connectivity index (χ0n) is 12.7. The van der Waals surface area contributed by atoms with Crippen LogP contribution in [0, 0.1) is 21.4 Å². The Labute approximate surface area is 133 Å². The fourth-order valence-corrected chi connectivity index (χ4v) is 2.22. The van der Waals surface area contributed by atoms with Crippen molar-refractivity contribution in [1.82, 2.24) is 0 Å². The maximum absolute atomic E-state index is 11.4. The van der Waals surface area contributed by atoms with Gasteiger partial charge in [-0.25, -0.2) is 0 Å². The monoisotopic (exact) mass is 309 g/mol. The molecular formula is C17H15N3O3. The van der Waals surface area contributed by atoms with Crippen LogP contribution in [0.1, 0.15) is 41.4 Å². The van der Waals surface area contributed by atoms with Gasteiger partial charge in [0, 0.05) is 17.7 Å². The van der Waals surface area contributed by atoms with Crippen LogP contribution in [0.25, 0.3) is 0 Å². The Morgan fingerprint density at radius 2 is 2.04 bits per heavy atom. The minimum absolute atomic E-state index is 0.152. The number of rotatable bonds is 5. The highest BCUT2D eigenvalue weighted by molar-refractivity contribution is 5.95. The van der Waals surface area contributed by atoms with E-state index >= 15 is 0 Å². The molecule has 0 heterocycles. The first-order valence-corrected chi connectivity index (χ1v) is 6.98. The van der Waals surface area contributed by atoms with E-state index < -0.39 is 4.92 Å². The molecule has 0 radical (unpaired) electrons. The van der Waals surface area contributed by atoms with E-state index in [-0.39, 0.29) is 17.5 Å². The van der Waals surface area contributed by atoms with Crippen LogP contribution in [0.2, 0.25) is 0 Å². The Morgan fingerprint density at radius 1 is 1.30 bits per heavy atom. The van der Waals surface area contributed by atoms with Crippen molar-refractivity contribution in [2.45, 2.75) is 19.9 Å². The number of hydrogen-bond acceptors (Lipinski definition) is 5. The van der Waals surface area contributed by atoms with Gasteiger partial charge in [0.2, 0.25) is 0 Å². The zero-order valence-corrected chi connectivity index (χ0v) is 12.7. The highest BCUT2D eigenvalue weighted by atomic mass is 16.6. The molecule has 0 spiro atoms. The van der Waals surface area contributed by atoms with E-state index in [1.54, 1.807) is 24.3 Å². The van der Waals surface area contributed by atoms with Gasteiger partial charge in [0.25, 0.3) is 5.69 Å². The van der Waals surface area contributed by atoms with E-state index in [9.17, 15) is 14.9 Å². The van der Waals surface area contributed by atoms with Gasteiger partial charge >= 0.3 is 0 Å². The molecule has 0 aromatic heterocycles. The number of hydrogen-bond donors (Lipinski definition) is 1. The lowest BCUT2D eigenvalue weighted by molar-refractivity contribution is -0.384. The molecule has 0 amide bonds. The summed E-state index contributed by atoms with van der Waals surface area (Å²) in [7, 11) is 0. The van der Waals surface area contributed by atoms with Gasteiger partial charge in [0.15, 0.2) is 5.78 Å². The number of ketones is 1. The Balaban J connectivity index is 2.33. The van der Waals surface area contributed by atoms with Crippen LogP contribution in [0.4, 0.5) is 11.4 Å². The first kappa shape index (κ1) is 16.2. The topological polar surface area (TPSA) is 96.0 Å². The second-order valence-electron chi connectivity index (χ2n) is 5.15. The van der Waals surface area contributed by atoms with Gasteiger partial charge in [-0.05, 0) is 43.7 Å². The fraction of sp³-hybridized carbons (Fsp3) is 0.176. The van der Waals surface area contributed by atoms with Crippen LogP contribution >= 0.6 is 0 Å². The Bertz CT molecular complexity index is 809. The fourth-order valence-electron chi connectivity index (χ4n) is 2.22. The summed E-state index contributed by atoms with van der Waals surface area (Å²) >= 11 is 0. The van der Waals surface area contributed by atoms with Crippen LogP contribution in [0.5, 0.6) is 0 Å². The molecule has 1 N–H and O–H groups in total. The lowest BCUT2D eigenvalue weighted by Gasteiger charge is -2.16. The van der Waals surface area contributed by atoms with Crippen molar-refractivity contribution >= 4 is 17.2 Å². The predicted octanol–water partition coefficient (Wildman–Crippen LogP) is 3.84. The molecule has 0 aliphatic heterocycles. The molecule has 116 valence electrons. The maximum Gasteiger partial charge on any atom is 0.293 e. The molecule has 2 aromatic carbocycles. The zero-order chi connectivity index (χ0) is 17.0. The summed E-state index contributed by atoms with van der Waals surface area (Å²) in [5, 5.41) is 23.2. The molecule has 1 unspecified atom stereocenters. The van der Waals surface area contributed by atoms with E-state index in [0.717, 1.165) is 5.56 Å². The second kappa shape index (κ2) is 6.71. The summed E-state index contributed by atoms with van der Waals surface area (Å²) in [5.41, 5.74) is 1.84. The summed E-state index contributed by atoms with van der Waals surface area (Å²) in [6.45, 7) is 3.21. The molecule has 0 fully saturated rings. The number of nitro benzene ring substituents is 1. The van der Waals surface area contributed by atoms with Crippen molar-refractivity contribution in [3.63, 3.8) is 0 Å². The van der Waals surface area contributed by atoms with Gasteiger partial charge in [-0.2, -0.15) is 5.26 Å². The van der Waals surface area contributed by atoms with E-state index in [2.05, 4.69) is 11.4 Å². The average molecular weight is 309 g/mol. The lowest BCUT2D eigenvalue weighted by atomic mass is 10.0. The number of Topliss-reactive ketones (excluding diaryl/α,β-unsaturated/α-hetero) is 1. The van der Waals surface area contributed by atoms with Gasteiger partial charge in [-0.1, -0.05) is 12.1 Å². The Hall–Kier alpha value is -3.20. The number of nitriles is 1. The van der Waals surface area contributed by atoms with E-state index in [0.29, 0.717) is 16.8 Å². The number of nitrogens with one attached hydrogen (secondary N) is 1. The highest BCUT2D eigenvalue weighted by Crippen LogP contribution is 2.29. The third-order valence-electron chi connectivity index (χ3n) is 3.49. The number of nitro groups is 1. The molecule has 0 aliphatic rings. The van der Waals surface area contributed by atoms with Gasteiger partial charge in [0.05, 0.1) is 16.6 Å². The third kappa shape index (κ3) is 3.71. The first-order valence-electron chi connectivity index (χ1n) is 6.98. The Kier molecular flexibility index (Phi) is 4.72. The summed E-state index contributed by atoms with van der Waals surface area (Å²) in [6, 6.07) is 13.2. The van der Waals surface area contributed by atoms with Gasteiger partial charge < -0.3 is 5.32 Å². The summed E-state index contributed by atoms with van der Waals surface area (Å²) in [6.07, 6.45) is 0. The molecule has 0 saturated carbocycles. The van der Waals surface area contributed by atoms with Gasteiger partial charge in [-0.15, -0.1) is 0 Å². The molecule has 2 aromatic rings. The summed E-state index contributed by atoms with van der Waals surface area (Å²) in [4.78, 5) is 22.1. The van der Waals surface area contributed by atoms with Crippen molar-refractivity contribution in [2.75, 3.05) is 5.32 Å². The van der Waals surface area contributed by atoms with Gasteiger partial charge in [-0.3, -0.25) is 14.9 Å². The van der Waals surface area contributed by atoms with Crippen LogP contribution in [-0.4, -0.2) is 10.7 Å². The van der Waals surface area contributed by atoms with Crippen LogP contribution in [0.3, 0.4) is 0 Å². The number of carbonyl (C=O) groups excluding carboxylic acids is 1. The maximum atomic E-state index is 11.4. The molecule has 1 atom stereocenters. The number of anilines is 1. The summed E-state index contributed by atoms with van der Waals surface area (Å²) in [5.74, 6) is -0.227. The molecule has 2 rings (SSSR count). The third-order valence-corrected chi connectivity index (χ3v) is 3.49. The second-order valence-corrected chi connectivity index (χ2v) is 5.15. The van der Waals surface area contributed by atoms with Crippen molar-refractivity contribution in [2.24, 2.45) is 0 Å². The van der Waals surface area contributed by atoms with Gasteiger partial charge in [0.1, 0.15) is 5.69 Å². The van der Waals surface area contributed by atoms with E-state index in [1.807, 2.05) is 13.0 Å². The standard InChI is InChI=1S/C17H15N3O3/c1-11(14-5-3-4-13(8-14)10-18)19-16-7-6-15(12(2)21)9-17(16)20(22)23/h3-9,11,19H,1-2H3. The largest absolute Gasteiger partial charge is 0.373 e. The Morgan fingerprint density at radius 3 is 2.65 bits per heavy atom. The van der Waals surface area contributed by atoms with Crippen molar-refractivity contribution in [3.05, 3.63) is 69.3 Å². The minimum atomic E-state index is -0.521. The van der Waals surface area contributed by atoms with Crippen molar-refractivity contribution < 1.29 is 9.72 Å². The van der Waals surface area contributed by atoms with Crippen molar-refractivity contribution in [1.29, 1.82) is 5.26 Å². The molecule has 6 nitrogen and oxygen atoms in total. The molecule has 0 aliphatic carbocycles. The quantitative estimate of drug-likeness (QED) is 0.514. The average Bonchev–Trinajstić information content (AvgIpc) is 2.54. The number of nitrogens with zero attached hydrogens (tertiary/aromatic N) is 2. The number of benzene rings is 2. The normalized spacial score (nSPS) is 11.3.